The molecule has 0 aliphatic rings. The van der Waals surface area contributed by atoms with E-state index in [9.17, 15) is 5.11 Å². The number of aromatic hydroxyl groups is 1. The molecule has 0 radical (unpaired) electrons. The lowest BCUT2D eigenvalue weighted by molar-refractivity contribution is 0.467. The van der Waals surface area contributed by atoms with Crippen LogP contribution in [-0.2, 0) is 0 Å². The molecule has 0 aliphatic carbocycles. The van der Waals surface area contributed by atoms with E-state index in [1.165, 1.54) is 0 Å². The first-order valence-electron chi connectivity index (χ1n) is 3.76. The van der Waals surface area contributed by atoms with Crippen molar-refractivity contribution >= 4 is 11.6 Å². The Hall–Kier alpha value is -0.950. The number of rotatable bonds is 2. The smallest absolute Gasteiger partial charge is 0.119 e. The summed E-state index contributed by atoms with van der Waals surface area (Å²) < 4.78 is 0. The van der Waals surface area contributed by atoms with E-state index in [-0.39, 0.29) is 11.7 Å². The van der Waals surface area contributed by atoms with Gasteiger partial charge >= 0.3 is 0 Å². The van der Waals surface area contributed by atoms with Gasteiger partial charge in [0.25, 0.3) is 0 Å². The molecule has 1 N–H and O–H groups in total. The maximum absolute atomic E-state index is 9.43. The van der Waals surface area contributed by atoms with Crippen LogP contribution >= 0.6 is 11.6 Å². The minimum atomic E-state index is 0.128. The van der Waals surface area contributed by atoms with Gasteiger partial charge in [-0.3, -0.25) is 0 Å². The van der Waals surface area contributed by atoms with E-state index in [4.69, 9.17) is 11.6 Å². The summed E-state index contributed by atoms with van der Waals surface area (Å²) in [6.45, 7) is 5.61. The third kappa shape index (κ3) is 1.80. The first-order valence-corrected chi connectivity index (χ1v) is 4.14. The Balaban J connectivity index is 3.12. The van der Waals surface area contributed by atoms with Crippen LogP contribution in [0.1, 0.15) is 18.4 Å². The van der Waals surface area contributed by atoms with Crippen molar-refractivity contribution in [2.24, 2.45) is 0 Å². The molecule has 64 valence electrons. The van der Waals surface area contributed by atoms with E-state index in [1.54, 1.807) is 24.3 Å². The highest BCUT2D eigenvalue weighted by Crippen LogP contribution is 2.28. The maximum Gasteiger partial charge on any atom is 0.119 e. The van der Waals surface area contributed by atoms with Crippen LogP contribution in [0.2, 0.25) is 5.02 Å². The van der Waals surface area contributed by atoms with Crippen LogP contribution in [0.15, 0.2) is 30.9 Å². The van der Waals surface area contributed by atoms with Crippen LogP contribution in [0.4, 0.5) is 0 Å². The molecule has 0 fully saturated rings. The summed E-state index contributed by atoms with van der Waals surface area (Å²) in [5.41, 5.74) is 0.817. The standard InChI is InChI=1S/C10H11ClO/c1-3-7(2)9-6-8(11)4-5-10(9)12/h3-7,12H,1H2,2H3. The lowest BCUT2D eigenvalue weighted by Crippen LogP contribution is -1.88. The fourth-order valence-corrected chi connectivity index (χ4v) is 1.20. The Morgan fingerprint density at radius 1 is 1.58 bits per heavy atom. The molecule has 1 nitrogen and oxygen atoms in total. The predicted octanol–water partition coefficient (Wildman–Crippen LogP) is 3.34. The molecule has 2 heteroatoms. The summed E-state index contributed by atoms with van der Waals surface area (Å²) in [7, 11) is 0. The Bertz CT molecular complexity index is 294. The molecule has 1 rings (SSSR count). The predicted molar refractivity (Wildman–Crippen MR) is 51.7 cm³/mol. The molecule has 0 saturated heterocycles. The second kappa shape index (κ2) is 3.63. The molecule has 0 heterocycles. The summed E-state index contributed by atoms with van der Waals surface area (Å²) in [5.74, 6) is 0.399. The number of hydrogen-bond donors (Lipinski definition) is 1. The maximum atomic E-state index is 9.43. The van der Waals surface area contributed by atoms with Crippen molar-refractivity contribution in [3.05, 3.63) is 41.4 Å². The van der Waals surface area contributed by atoms with E-state index >= 15 is 0 Å². The number of phenols is 1. The first-order chi connectivity index (χ1) is 5.65. The summed E-state index contributed by atoms with van der Waals surface area (Å²) >= 11 is 5.77. The molecular weight excluding hydrogens is 172 g/mol. The van der Waals surface area contributed by atoms with Crippen LogP contribution in [0.5, 0.6) is 5.75 Å². The Morgan fingerprint density at radius 3 is 2.83 bits per heavy atom. The molecule has 0 saturated carbocycles. The van der Waals surface area contributed by atoms with E-state index in [2.05, 4.69) is 6.58 Å². The number of halogens is 1. The van der Waals surface area contributed by atoms with Gasteiger partial charge in [-0.05, 0) is 18.2 Å². The molecule has 1 atom stereocenters. The lowest BCUT2D eigenvalue weighted by atomic mass is 10.0. The van der Waals surface area contributed by atoms with Crippen LogP contribution in [-0.4, -0.2) is 5.11 Å². The van der Waals surface area contributed by atoms with E-state index < -0.39 is 0 Å². The van der Waals surface area contributed by atoms with E-state index in [1.807, 2.05) is 6.92 Å². The average molecular weight is 183 g/mol. The zero-order valence-corrected chi connectivity index (χ0v) is 7.67. The number of allylic oxidation sites excluding steroid dienone is 1. The summed E-state index contributed by atoms with van der Waals surface area (Å²) in [6.07, 6.45) is 1.77. The molecule has 0 spiro atoms. The molecule has 0 aliphatic heterocycles. The molecule has 1 unspecified atom stereocenters. The Morgan fingerprint density at radius 2 is 2.25 bits per heavy atom. The van der Waals surface area contributed by atoms with Crippen molar-refractivity contribution in [1.82, 2.24) is 0 Å². The monoisotopic (exact) mass is 182 g/mol. The number of phenolic OH excluding ortho intramolecular Hbond substituents is 1. The van der Waals surface area contributed by atoms with Crippen LogP contribution in [0.3, 0.4) is 0 Å². The van der Waals surface area contributed by atoms with Crippen LogP contribution in [0.25, 0.3) is 0 Å². The van der Waals surface area contributed by atoms with Crippen molar-refractivity contribution in [1.29, 1.82) is 0 Å². The van der Waals surface area contributed by atoms with E-state index in [0.717, 1.165) is 5.56 Å². The molecule has 1 aromatic carbocycles. The number of hydrogen-bond acceptors (Lipinski definition) is 1. The third-order valence-electron chi connectivity index (χ3n) is 1.83. The molecule has 0 aromatic heterocycles. The van der Waals surface area contributed by atoms with Gasteiger partial charge in [-0.1, -0.05) is 24.6 Å². The Kier molecular flexibility index (Phi) is 2.77. The first kappa shape index (κ1) is 9.14. The van der Waals surface area contributed by atoms with Gasteiger partial charge in [0, 0.05) is 16.5 Å². The molecular formula is C10H11ClO. The van der Waals surface area contributed by atoms with Crippen molar-refractivity contribution in [2.45, 2.75) is 12.8 Å². The van der Waals surface area contributed by atoms with Gasteiger partial charge in [-0.25, -0.2) is 0 Å². The zero-order chi connectivity index (χ0) is 9.14. The SMILES string of the molecule is C=CC(C)c1cc(Cl)ccc1O. The summed E-state index contributed by atoms with van der Waals surface area (Å²) in [6, 6.07) is 5.01. The van der Waals surface area contributed by atoms with Crippen molar-refractivity contribution < 1.29 is 5.11 Å². The normalized spacial score (nSPS) is 12.5. The minimum Gasteiger partial charge on any atom is -0.508 e. The van der Waals surface area contributed by atoms with Crippen LogP contribution in [0, 0.1) is 0 Å². The fraction of sp³-hybridized carbons (Fsp3) is 0.200. The number of benzene rings is 1. The van der Waals surface area contributed by atoms with Crippen molar-refractivity contribution in [2.75, 3.05) is 0 Å². The van der Waals surface area contributed by atoms with Crippen molar-refractivity contribution in [3.63, 3.8) is 0 Å². The van der Waals surface area contributed by atoms with E-state index in [0.29, 0.717) is 5.02 Å². The minimum absolute atomic E-state index is 0.128. The average Bonchev–Trinajstić information content (AvgIpc) is 2.08. The van der Waals surface area contributed by atoms with Gasteiger partial charge < -0.3 is 5.11 Å². The lowest BCUT2D eigenvalue weighted by Gasteiger charge is -2.08. The molecule has 0 amide bonds. The molecule has 12 heavy (non-hydrogen) atoms. The highest BCUT2D eigenvalue weighted by atomic mass is 35.5. The van der Waals surface area contributed by atoms with Gasteiger partial charge in [0.15, 0.2) is 0 Å². The van der Waals surface area contributed by atoms with Gasteiger partial charge in [0.2, 0.25) is 0 Å². The highest BCUT2D eigenvalue weighted by molar-refractivity contribution is 6.30. The van der Waals surface area contributed by atoms with Gasteiger partial charge in [0.05, 0.1) is 0 Å². The quantitative estimate of drug-likeness (QED) is 0.696. The van der Waals surface area contributed by atoms with Gasteiger partial charge in [0.1, 0.15) is 5.75 Å². The Labute approximate surface area is 77.3 Å². The summed E-state index contributed by atoms with van der Waals surface area (Å²) in [5, 5.41) is 10.1. The second-order valence-electron chi connectivity index (χ2n) is 2.73. The molecule has 0 bridgehead atoms. The van der Waals surface area contributed by atoms with Crippen molar-refractivity contribution in [3.8, 4) is 5.75 Å². The fourth-order valence-electron chi connectivity index (χ4n) is 1.02. The topological polar surface area (TPSA) is 20.2 Å². The van der Waals surface area contributed by atoms with Gasteiger partial charge in [-0.2, -0.15) is 0 Å². The largest absolute Gasteiger partial charge is 0.508 e. The molecule has 1 aromatic rings. The zero-order valence-electron chi connectivity index (χ0n) is 6.92. The summed E-state index contributed by atoms with van der Waals surface area (Å²) in [4.78, 5) is 0. The second-order valence-corrected chi connectivity index (χ2v) is 3.16. The van der Waals surface area contributed by atoms with Crippen LogP contribution < -0.4 is 0 Å². The highest BCUT2D eigenvalue weighted by Gasteiger charge is 2.06. The van der Waals surface area contributed by atoms with Gasteiger partial charge in [-0.15, -0.1) is 6.58 Å². The third-order valence-corrected chi connectivity index (χ3v) is 2.07.